The topological polar surface area (TPSA) is 40.5 Å². The van der Waals surface area contributed by atoms with E-state index >= 15 is 0 Å². The molecule has 0 amide bonds. The second kappa shape index (κ2) is 8.69. The van der Waals surface area contributed by atoms with Crippen LogP contribution < -0.4 is 0 Å². The first-order valence-corrected chi connectivity index (χ1v) is 8.62. The van der Waals surface area contributed by atoms with Crippen LogP contribution in [0.3, 0.4) is 0 Å². The summed E-state index contributed by atoms with van der Waals surface area (Å²) in [6.45, 7) is 10.5. The molecule has 0 radical (unpaired) electrons. The first-order valence-electron chi connectivity index (χ1n) is 8.62. The van der Waals surface area contributed by atoms with Gasteiger partial charge in [-0.1, -0.05) is 49.3 Å². The van der Waals surface area contributed by atoms with Crippen LogP contribution in [-0.4, -0.2) is 21.9 Å². The van der Waals surface area contributed by atoms with Crippen molar-refractivity contribution in [3.05, 3.63) is 35.5 Å². The maximum Gasteiger partial charge on any atom is 0.0827 e. The average molecular weight is 306 g/mol. The van der Waals surface area contributed by atoms with E-state index in [1.165, 1.54) is 11.1 Å². The highest BCUT2D eigenvalue weighted by Crippen LogP contribution is 2.25. The van der Waals surface area contributed by atoms with Gasteiger partial charge < -0.3 is 10.2 Å². The van der Waals surface area contributed by atoms with Crippen LogP contribution in [0.4, 0.5) is 0 Å². The molecule has 1 aliphatic carbocycles. The molecule has 22 heavy (non-hydrogen) atoms. The second-order valence-electron chi connectivity index (χ2n) is 7.54. The minimum Gasteiger partial charge on any atom is -0.389 e. The van der Waals surface area contributed by atoms with E-state index in [0.717, 1.165) is 25.7 Å². The summed E-state index contributed by atoms with van der Waals surface area (Å²) < 4.78 is 0. The van der Waals surface area contributed by atoms with E-state index in [9.17, 15) is 10.2 Å². The monoisotopic (exact) mass is 306 g/mol. The quantitative estimate of drug-likeness (QED) is 0.684. The summed E-state index contributed by atoms with van der Waals surface area (Å²) in [6.07, 6.45) is 12.2. The van der Waals surface area contributed by atoms with Crippen molar-refractivity contribution in [1.29, 1.82) is 0 Å². The Morgan fingerprint density at radius 2 is 1.86 bits per heavy atom. The van der Waals surface area contributed by atoms with Gasteiger partial charge in [0, 0.05) is 6.42 Å². The Morgan fingerprint density at radius 1 is 1.18 bits per heavy atom. The van der Waals surface area contributed by atoms with Crippen LogP contribution in [0.25, 0.3) is 0 Å². The number of rotatable bonds is 1. The van der Waals surface area contributed by atoms with E-state index in [1.807, 2.05) is 12.2 Å². The summed E-state index contributed by atoms with van der Waals surface area (Å²) in [4.78, 5) is 0. The summed E-state index contributed by atoms with van der Waals surface area (Å²) in [6, 6.07) is 0. The van der Waals surface area contributed by atoms with Crippen molar-refractivity contribution in [1.82, 2.24) is 0 Å². The van der Waals surface area contributed by atoms with Crippen LogP contribution in [-0.2, 0) is 0 Å². The third-order valence-corrected chi connectivity index (χ3v) is 4.56. The second-order valence-corrected chi connectivity index (χ2v) is 7.54. The Bertz CT molecular complexity index is 427. The Kier molecular flexibility index (Phi) is 7.58. The molecule has 0 spiro atoms. The van der Waals surface area contributed by atoms with Gasteiger partial charge in [-0.25, -0.2) is 0 Å². The summed E-state index contributed by atoms with van der Waals surface area (Å²) in [5.41, 5.74) is 1.67. The fourth-order valence-electron chi connectivity index (χ4n) is 2.99. The maximum atomic E-state index is 10.5. The molecule has 2 N–H and O–H groups in total. The van der Waals surface area contributed by atoms with Gasteiger partial charge in [-0.3, -0.25) is 0 Å². The molecule has 126 valence electrons. The maximum absolute atomic E-state index is 10.5. The first kappa shape index (κ1) is 19.2. The standard InChI is InChI=1S/C20H34O2/c1-15(2)18-10-9-16(3)7-6-8-17(4)13-19(21)14-20(5,22)12-11-18/h7,11-13,15,18-19,21-22H,6,8-10,14H2,1-5H3/b12-11+,16-7?,17-13-/t18-,19+,20-/m1/s1. The molecule has 0 aromatic rings. The Balaban J connectivity index is 2.97. The fourth-order valence-corrected chi connectivity index (χ4v) is 2.99. The zero-order chi connectivity index (χ0) is 16.8. The molecular weight excluding hydrogens is 272 g/mol. The van der Waals surface area contributed by atoms with Gasteiger partial charge in [0.05, 0.1) is 11.7 Å². The van der Waals surface area contributed by atoms with E-state index in [2.05, 4.69) is 39.8 Å². The van der Waals surface area contributed by atoms with Crippen molar-refractivity contribution in [3.8, 4) is 0 Å². The molecule has 1 rings (SSSR count). The van der Waals surface area contributed by atoms with Crippen LogP contribution in [0, 0.1) is 11.8 Å². The van der Waals surface area contributed by atoms with Crippen molar-refractivity contribution in [2.24, 2.45) is 11.8 Å². The van der Waals surface area contributed by atoms with Gasteiger partial charge in [0.25, 0.3) is 0 Å². The van der Waals surface area contributed by atoms with Crippen LogP contribution >= 0.6 is 0 Å². The number of aliphatic hydroxyl groups excluding tert-OH is 1. The molecule has 0 fully saturated rings. The number of hydrogen-bond donors (Lipinski definition) is 2. The number of allylic oxidation sites excluding steroid dienone is 4. The van der Waals surface area contributed by atoms with Crippen molar-refractivity contribution in [2.45, 2.75) is 78.4 Å². The average Bonchev–Trinajstić information content (AvgIpc) is 2.36. The Labute approximate surface area is 136 Å². The van der Waals surface area contributed by atoms with Crippen LogP contribution in [0.1, 0.15) is 66.7 Å². The van der Waals surface area contributed by atoms with Gasteiger partial charge in [-0.15, -0.1) is 0 Å². The first-order chi connectivity index (χ1) is 10.2. The largest absolute Gasteiger partial charge is 0.389 e. The van der Waals surface area contributed by atoms with Gasteiger partial charge in [0.1, 0.15) is 0 Å². The molecule has 0 unspecified atom stereocenters. The lowest BCUT2D eigenvalue weighted by Gasteiger charge is -2.24. The van der Waals surface area contributed by atoms with E-state index in [-0.39, 0.29) is 0 Å². The summed E-state index contributed by atoms with van der Waals surface area (Å²) in [7, 11) is 0. The molecule has 2 nitrogen and oxygen atoms in total. The fraction of sp³-hybridized carbons (Fsp3) is 0.700. The highest BCUT2D eigenvalue weighted by Gasteiger charge is 2.21. The van der Waals surface area contributed by atoms with Gasteiger partial charge in [0.2, 0.25) is 0 Å². The Hall–Kier alpha value is -0.860. The predicted molar refractivity (Wildman–Crippen MR) is 94.7 cm³/mol. The smallest absolute Gasteiger partial charge is 0.0827 e. The highest BCUT2D eigenvalue weighted by molar-refractivity contribution is 5.10. The molecule has 0 aromatic carbocycles. The van der Waals surface area contributed by atoms with Crippen molar-refractivity contribution >= 4 is 0 Å². The van der Waals surface area contributed by atoms with Gasteiger partial charge in [-0.05, 0) is 58.3 Å². The van der Waals surface area contributed by atoms with E-state index in [0.29, 0.717) is 18.3 Å². The van der Waals surface area contributed by atoms with E-state index < -0.39 is 11.7 Å². The van der Waals surface area contributed by atoms with Crippen LogP contribution in [0.2, 0.25) is 0 Å². The van der Waals surface area contributed by atoms with Crippen molar-refractivity contribution < 1.29 is 10.2 Å². The minimum absolute atomic E-state index is 0.348. The summed E-state index contributed by atoms with van der Waals surface area (Å²) in [5, 5.41) is 20.7. The van der Waals surface area contributed by atoms with Crippen LogP contribution in [0.15, 0.2) is 35.5 Å². The molecule has 1 aliphatic rings. The Morgan fingerprint density at radius 3 is 2.50 bits per heavy atom. The van der Waals surface area contributed by atoms with E-state index in [4.69, 9.17) is 0 Å². The molecular formula is C20H34O2. The van der Waals surface area contributed by atoms with E-state index in [1.54, 1.807) is 6.92 Å². The lowest BCUT2D eigenvalue weighted by molar-refractivity contribution is 0.0565. The lowest BCUT2D eigenvalue weighted by Crippen LogP contribution is -2.27. The van der Waals surface area contributed by atoms with Gasteiger partial charge >= 0.3 is 0 Å². The van der Waals surface area contributed by atoms with Crippen molar-refractivity contribution in [3.63, 3.8) is 0 Å². The number of hydrogen-bond acceptors (Lipinski definition) is 2. The lowest BCUT2D eigenvalue weighted by atomic mass is 9.86. The zero-order valence-electron chi connectivity index (χ0n) is 15.0. The molecule has 0 aliphatic heterocycles. The minimum atomic E-state index is -0.960. The molecule has 3 atom stereocenters. The molecule has 2 heteroatoms. The normalized spacial score (nSPS) is 36.2. The van der Waals surface area contributed by atoms with Crippen LogP contribution in [0.5, 0.6) is 0 Å². The molecule has 0 heterocycles. The molecule has 0 saturated heterocycles. The molecule has 0 saturated carbocycles. The third-order valence-electron chi connectivity index (χ3n) is 4.56. The van der Waals surface area contributed by atoms with Crippen molar-refractivity contribution in [2.75, 3.05) is 0 Å². The SMILES string of the molecule is CC1=CCC/C(C)=C\[C@H](O)C[C@](C)(O)/C=C/[C@H](C(C)C)CC1. The predicted octanol–water partition coefficient (Wildman–Crippen LogP) is 4.78. The summed E-state index contributed by atoms with van der Waals surface area (Å²) in [5.74, 6) is 1.02. The van der Waals surface area contributed by atoms with Gasteiger partial charge in [0.15, 0.2) is 0 Å². The summed E-state index contributed by atoms with van der Waals surface area (Å²) >= 11 is 0. The highest BCUT2D eigenvalue weighted by atomic mass is 16.3. The molecule has 0 bridgehead atoms. The molecule has 0 aromatic heterocycles. The third kappa shape index (κ3) is 7.42. The zero-order valence-corrected chi connectivity index (χ0v) is 15.0. The number of aliphatic hydroxyl groups is 2. The van der Waals surface area contributed by atoms with Gasteiger partial charge in [-0.2, -0.15) is 0 Å².